The summed E-state index contributed by atoms with van der Waals surface area (Å²) in [6.45, 7) is 0.302. The third-order valence-corrected chi connectivity index (χ3v) is 2.67. The van der Waals surface area contributed by atoms with Gasteiger partial charge in [-0.1, -0.05) is 0 Å². The van der Waals surface area contributed by atoms with Crippen molar-refractivity contribution in [3.05, 3.63) is 0 Å². The second-order valence-electron chi connectivity index (χ2n) is 3.89. The molecule has 1 rings (SSSR count). The number of carboxylic acid groups (broad SMARTS) is 1. The molecule has 6 heteroatoms. The number of carboxylic acids is 1. The molecule has 0 atom stereocenters. The normalized spacial score (nSPS) is 16.9. The number of carbonyl (C=O) groups is 2. The zero-order chi connectivity index (χ0) is 11.5. The number of amides is 2. The molecular weight excluding hydrogens is 200 g/mol. The molecule has 86 valence electrons. The van der Waals surface area contributed by atoms with E-state index in [1.54, 1.807) is 7.05 Å². The minimum Gasteiger partial charge on any atom is -0.481 e. The van der Waals surface area contributed by atoms with Crippen LogP contribution in [0.4, 0.5) is 4.79 Å². The molecule has 1 aliphatic rings. The molecule has 15 heavy (non-hydrogen) atoms. The summed E-state index contributed by atoms with van der Waals surface area (Å²) < 4.78 is 0. The van der Waals surface area contributed by atoms with Crippen LogP contribution in [0.25, 0.3) is 0 Å². The Morgan fingerprint density at radius 1 is 1.47 bits per heavy atom. The fourth-order valence-electron chi connectivity index (χ4n) is 1.25. The van der Waals surface area contributed by atoms with Gasteiger partial charge in [0.2, 0.25) is 0 Å². The molecule has 0 aliphatic heterocycles. The summed E-state index contributed by atoms with van der Waals surface area (Å²) in [4.78, 5) is 23.4. The molecule has 0 spiro atoms. The molecule has 3 N–H and O–H groups in total. The second-order valence-corrected chi connectivity index (χ2v) is 3.89. The fraction of sp³-hybridized carbons (Fsp3) is 0.778. The number of aliphatic hydroxyl groups excluding tert-OH is 1. The average Bonchev–Trinajstić information content (AvgIpc) is 2.95. The number of urea groups is 1. The van der Waals surface area contributed by atoms with E-state index in [1.165, 1.54) is 4.90 Å². The number of nitrogens with zero attached hydrogens (tertiary/aromatic N) is 1. The number of hydrogen-bond acceptors (Lipinski definition) is 3. The lowest BCUT2D eigenvalue weighted by molar-refractivity contribution is -0.143. The molecule has 6 nitrogen and oxygen atoms in total. The van der Waals surface area contributed by atoms with E-state index >= 15 is 0 Å². The van der Waals surface area contributed by atoms with Crippen LogP contribution in [0.5, 0.6) is 0 Å². The number of rotatable bonds is 5. The lowest BCUT2D eigenvalue weighted by Crippen LogP contribution is -2.42. The molecule has 0 radical (unpaired) electrons. The van der Waals surface area contributed by atoms with Crippen LogP contribution in [0.15, 0.2) is 0 Å². The number of nitrogens with one attached hydrogen (secondary N) is 1. The maximum Gasteiger partial charge on any atom is 0.317 e. The molecule has 0 bridgehead atoms. The predicted octanol–water partition coefficient (Wildman–Crippen LogP) is -0.515. The maximum absolute atomic E-state index is 11.3. The Balaban J connectivity index is 2.31. The molecule has 1 saturated carbocycles. The molecular formula is C9H16N2O4. The van der Waals surface area contributed by atoms with Gasteiger partial charge in [-0.2, -0.15) is 0 Å². The number of carbonyl (C=O) groups excluding carboxylic acids is 1. The summed E-state index contributed by atoms with van der Waals surface area (Å²) in [5.74, 6) is -0.854. The molecule has 2 amide bonds. The molecule has 0 saturated heterocycles. The van der Waals surface area contributed by atoms with Crippen molar-refractivity contribution in [3.8, 4) is 0 Å². The first-order chi connectivity index (χ1) is 7.02. The topological polar surface area (TPSA) is 89.9 Å². The van der Waals surface area contributed by atoms with Crippen LogP contribution in [-0.4, -0.2) is 53.9 Å². The summed E-state index contributed by atoms with van der Waals surface area (Å²) in [6, 6.07) is -0.350. The Morgan fingerprint density at radius 2 is 2.07 bits per heavy atom. The van der Waals surface area contributed by atoms with Gasteiger partial charge in [-0.15, -0.1) is 0 Å². The minimum atomic E-state index is -0.854. The predicted molar refractivity (Wildman–Crippen MR) is 52.4 cm³/mol. The van der Waals surface area contributed by atoms with Gasteiger partial charge >= 0.3 is 12.0 Å². The molecule has 1 fully saturated rings. The van der Waals surface area contributed by atoms with Gasteiger partial charge in [0.1, 0.15) is 0 Å². The van der Waals surface area contributed by atoms with Crippen molar-refractivity contribution in [1.82, 2.24) is 10.2 Å². The molecule has 1 aliphatic carbocycles. The van der Waals surface area contributed by atoms with Gasteiger partial charge in [-0.3, -0.25) is 4.79 Å². The van der Waals surface area contributed by atoms with Crippen molar-refractivity contribution in [2.45, 2.75) is 12.8 Å². The summed E-state index contributed by atoms with van der Waals surface area (Å²) in [5, 5.41) is 20.0. The van der Waals surface area contributed by atoms with E-state index in [9.17, 15) is 9.59 Å². The molecule has 0 heterocycles. The van der Waals surface area contributed by atoms with Crippen LogP contribution in [0, 0.1) is 5.41 Å². The first kappa shape index (κ1) is 11.8. The van der Waals surface area contributed by atoms with E-state index in [1.807, 2.05) is 0 Å². The van der Waals surface area contributed by atoms with Gasteiger partial charge in [-0.25, -0.2) is 4.79 Å². The van der Waals surface area contributed by atoms with E-state index in [0.29, 0.717) is 12.8 Å². The lowest BCUT2D eigenvalue weighted by atomic mass is 10.1. The van der Waals surface area contributed by atoms with Crippen molar-refractivity contribution in [3.63, 3.8) is 0 Å². The Hall–Kier alpha value is -1.30. The van der Waals surface area contributed by atoms with Crippen molar-refractivity contribution in [2.24, 2.45) is 5.41 Å². The number of likely N-dealkylation sites (N-methyl/N-ethyl adjacent to an activating group) is 1. The van der Waals surface area contributed by atoms with Crippen molar-refractivity contribution >= 4 is 12.0 Å². The van der Waals surface area contributed by atoms with Crippen LogP contribution >= 0.6 is 0 Å². The highest BCUT2D eigenvalue weighted by Gasteiger charge is 2.50. The fourth-order valence-corrected chi connectivity index (χ4v) is 1.25. The Bertz CT molecular complexity index is 263. The van der Waals surface area contributed by atoms with Crippen molar-refractivity contribution in [2.75, 3.05) is 26.7 Å². The summed E-state index contributed by atoms with van der Waals surface area (Å²) in [7, 11) is 1.55. The highest BCUT2D eigenvalue weighted by atomic mass is 16.4. The highest BCUT2D eigenvalue weighted by molar-refractivity contribution is 5.80. The summed E-state index contributed by atoms with van der Waals surface area (Å²) in [5.41, 5.74) is -0.740. The van der Waals surface area contributed by atoms with E-state index < -0.39 is 11.4 Å². The Morgan fingerprint density at radius 3 is 2.47 bits per heavy atom. The zero-order valence-electron chi connectivity index (χ0n) is 8.69. The SMILES string of the molecule is CN(CCO)C(=O)NCC1(C(=O)O)CC1. The first-order valence-corrected chi connectivity index (χ1v) is 4.85. The van der Waals surface area contributed by atoms with Gasteiger partial charge in [0.15, 0.2) is 0 Å². The quantitative estimate of drug-likeness (QED) is 0.577. The largest absolute Gasteiger partial charge is 0.481 e. The molecule has 0 aromatic heterocycles. The summed E-state index contributed by atoms with van der Waals surface area (Å²) in [6.07, 6.45) is 1.23. The monoisotopic (exact) mass is 216 g/mol. The van der Waals surface area contributed by atoms with E-state index in [0.717, 1.165) is 0 Å². The van der Waals surface area contributed by atoms with E-state index in [4.69, 9.17) is 10.2 Å². The third kappa shape index (κ3) is 2.82. The van der Waals surface area contributed by atoms with Gasteiger partial charge in [0.25, 0.3) is 0 Å². The van der Waals surface area contributed by atoms with Gasteiger partial charge in [0.05, 0.1) is 12.0 Å². The third-order valence-electron chi connectivity index (χ3n) is 2.67. The molecule has 0 aromatic carbocycles. The van der Waals surface area contributed by atoms with Gasteiger partial charge < -0.3 is 20.4 Å². The van der Waals surface area contributed by atoms with E-state index in [-0.39, 0.29) is 25.7 Å². The zero-order valence-corrected chi connectivity index (χ0v) is 8.69. The van der Waals surface area contributed by atoms with Crippen molar-refractivity contribution < 1.29 is 19.8 Å². The standard InChI is InChI=1S/C9H16N2O4/c1-11(4-5-12)8(15)10-6-9(2-3-9)7(13)14/h12H,2-6H2,1H3,(H,10,15)(H,13,14). The van der Waals surface area contributed by atoms with E-state index in [2.05, 4.69) is 5.32 Å². The second kappa shape index (κ2) is 4.48. The van der Waals surface area contributed by atoms with Crippen LogP contribution in [0.3, 0.4) is 0 Å². The van der Waals surface area contributed by atoms with Gasteiger partial charge in [0, 0.05) is 20.1 Å². The maximum atomic E-state index is 11.3. The number of aliphatic hydroxyl groups is 1. The van der Waals surface area contributed by atoms with Gasteiger partial charge in [-0.05, 0) is 12.8 Å². The first-order valence-electron chi connectivity index (χ1n) is 4.85. The molecule has 0 aromatic rings. The highest BCUT2D eigenvalue weighted by Crippen LogP contribution is 2.45. The minimum absolute atomic E-state index is 0.103. The van der Waals surface area contributed by atoms with Crippen LogP contribution in [0.1, 0.15) is 12.8 Å². The van der Waals surface area contributed by atoms with Crippen molar-refractivity contribution in [1.29, 1.82) is 0 Å². The smallest absolute Gasteiger partial charge is 0.317 e. The number of aliphatic carboxylic acids is 1. The van der Waals surface area contributed by atoms with Crippen LogP contribution in [0.2, 0.25) is 0 Å². The Labute approximate surface area is 87.9 Å². The Kier molecular flexibility index (Phi) is 3.52. The summed E-state index contributed by atoms with van der Waals surface area (Å²) >= 11 is 0. The van der Waals surface area contributed by atoms with Crippen LogP contribution < -0.4 is 5.32 Å². The van der Waals surface area contributed by atoms with Crippen LogP contribution in [-0.2, 0) is 4.79 Å². The average molecular weight is 216 g/mol. The lowest BCUT2D eigenvalue weighted by Gasteiger charge is -2.18. The molecule has 0 unspecified atom stereocenters. The number of hydrogen-bond donors (Lipinski definition) is 3.